The molecule has 4 aromatic heterocycles. The number of aromatic amines is 1. The van der Waals surface area contributed by atoms with Crippen molar-refractivity contribution >= 4 is 11.6 Å². The minimum absolute atomic E-state index is 0.0844. The second kappa shape index (κ2) is 7.50. The topological polar surface area (TPSA) is 109 Å². The summed E-state index contributed by atoms with van der Waals surface area (Å²) < 4.78 is 6.81. The van der Waals surface area contributed by atoms with Crippen LogP contribution in [0.15, 0.2) is 46.0 Å². The molecule has 0 bridgehead atoms. The first kappa shape index (κ1) is 19.2. The fourth-order valence-corrected chi connectivity index (χ4v) is 4.24. The highest BCUT2D eigenvalue weighted by atomic mass is 16.5. The lowest BCUT2D eigenvalue weighted by molar-refractivity contribution is 0.0704. The third-order valence-corrected chi connectivity index (χ3v) is 5.76. The van der Waals surface area contributed by atoms with Gasteiger partial charge < -0.3 is 9.42 Å². The predicted molar refractivity (Wildman–Crippen MR) is 113 cm³/mol. The van der Waals surface area contributed by atoms with E-state index >= 15 is 0 Å². The van der Waals surface area contributed by atoms with Crippen LogP contribution in [-0.2, 0) is 0 Å². The van der Waals surface area contributed by atoms with Crippen molar-refractivity contribution in [3.05, 3.63) is 69.7 Å². The Labute approximate surface area is 177 Å². The van der Waals surface area contributed by atoms with Gasteiger partial charge in [-0.15, -0.1) is 0 Å². The Kier molecular flexibility index (Phi) is 4.65. The van der Waals surface area contributed by atoms with E-state index in [0.717, 1.165) is 24.1 Å². The van der Waals surface area contributed by atoms with Crippen LogP contribution in [-0.4, -0.2) is 48.6 Å². The molecule has 0 spiro atoms. The van der Waals surface area contributed by atoms with Crippen molar-refractivity contribution in [2.45, 2.75) is 32.6 Å². The van der Waals surface area contributed by atoms with Gasteiger partial charge in [-0.3, -0.25) is 19.7 Å². The zero-order valence-electron chi connectivity index (χ0n) is 17.3. The highest BCUT2D eigenvalue weighted by Gasteiger charge is 2.31. The van der Waals surface area contributed by atoms with Gasteiger partial charge in [-0.05, 0) is 38.8 Å². The summed E-state index contributed by atoms with van der Waals surface area (Å²) in [6, 6.07) is 7.06. The molecule has 9 nitrogen and oxygen atoms in total. The molecule has 4 aromatic rings. The molecule has 1 atom stereocenters. The minimum Gasteiger partial charge on any atom is -0.360 e. The van der Waals surface area contributed by atoms with E-state index in [4.69, 9.17) is 4.52 Å². The molecule has 1 fully saturated rings. The summed E-state index contributed by atoms with van der Waals surface area (Å²) >= 11 is 0. The molecule has 1 aliphatic heterocycles. The number of pyridine rings is 1. The number of likely N-dealkylation sites (tertiary alicyclic amines) is 1. The first-order chi connectivity index (χ1) is 15.0. The lowest BCUT2D eigenvalue weighted by atomic mass is 9.94. The number of hydrogen-bond donors (Lipinski definition) is 1. The largest absolute Gasteiger partial charge is 0.360 e. The number of rotatable bonds is 3. The van der Waals surface area contributed by atoms with Crippen molar-refractivity contribution in [2.24, 2.45) is 0 Å². The average molecular weight is 418 g/mol. The molecule has 31 heavy (non-hydrogen) atoms. The second-order valence-corrected chi connectivity index (χ2v) is 7.94. The normalized spacial score (nSPS) is 16.7. The monoisotopic (exact) mass is 418 g/mol. The van der Waals surface area contributed by atoms with E-state index in [0.29, 0.717) is 41.4 Å². The Hall–Kier alpha value is -3.75. The lowest BCUT2D eigenvalue weighted by Crippen LogP contribution is -2.39. The smallest absolute Gasteiger partial charge is 0.272 e. The molecule has 5 heterocycles. The molecule has 1 N–H and O–H groups in total. The Bertz CT molecular complexity index is 1320. The predicted octanol–water partition coefficient (Wildman–Crippen LogP) is 2.71. The summed E-state index contributed by atoms with van der Waals surface area (Å²) in [6.45, 7) is 4.75. The van der Waals surface area contributed by atoms with Crippen molar-refractivity contribution in [1.82, 2.24) is 29.6 Å². The van der Waals surface area contributed by atoms with E-state index < -0.39 is 0 Å². The number of aromatic nitrogens is 5. The Morgan fingerprint density at radius 2 is 2.16 bits per heavy atom. The van der Waals surface area contributed by atoms with Gasteiger partial charge in [0, 0.05) is 60.5 Å². The molecule has 1 amide bonds. The lowest BCUT2D eigenvalue weighted by Gasteiger charge is -2.32. The number of amides is 1. The van der Waals surface area contributed by atoms with Gasteiger partial charge in [0.05, 0.1) is 0 Å². The molecular formula is C22H22N6O3. The summed E-state index contributed by atoms with van der Waals surface area (Å²) in [4.78, 5) is 36.1. The van der Waals surface area contributed by atoms with E-state index in [1.54, 1.807) is 32.3 Å². The van der Waals surface area contributed by atoms with Crippen molar-refractivity contribution < 1.29 is 9.32 Å². The van der Waals surface area contributed by atoms with Crippen molar-refractivity contribution in [2.75, 3.05) is 13.1 Å². The fourth-order valence-electron chi connectivity index (χ4n) is 4.24. The number of hydrogen-bond acceptors (Lipinski definition) is 6. The number of fused-ring (bicyclic) bond motifs is 1. The second-order valence-electron chi connectivity index (χ2n) is 7.94. The molecule has 5 rings (SSSR count). The third kappa shape index (κ3) is 3.41. The Morgan fingerprint density at radius 3 is 2.97 bits per heavy atom. The summed E-state index contributed by atoms with van der Waals surface area (Å²) in [5, 5.41) is 7.28. The summed E-state index contributed by atoms with van der Waals surface area (Å²) in [7, 11) is 0. The van der Waals surface area contributed by atoms with Crippen LogP contribution >= 0.6 is 0 Å². The zero-order valence-corrected chi connectivity index (χ0v) is 17.3. The van der Waals surface area contributed by atoms with E-state index in [1.165, 1.54) is 10.6 Å². The zero-order chi connectivity index (χ0) is 21.5. The van der Waals surface area contributed by atoms with Crippen LogP contribution in [0.3, 0.4) is 0 Å². The van der Waals surface area contributed by atoms with Crippen LogP contribution < -0.4 is 5.56 Å². The number of H-pyrrole nitrogens is 1. The van der Waals surface area contributed by atoms with Crippen LogP contribution in [0.25, 0.3) is 16.9 Å². The van der Waals surface area contributed by atoms with E-state index in [1.807, 2.05) is 17.0 Å². The standard InChI is InChI=1S/C22H22N6O3/c1-13-9-19(29)28-18(24-13)10-17(25-28)16-6-4-8-27(12-16)22(30)20-14(2)31-26-21(20)15-5-3-7-23-11-15/h3,5,7,9-11,16,25H,4,6,8,12H2,1-2H3. The van der Waals surface area contributed by atoms with E-state index in [-0.39, 0.29) is 17.4 Å². The molecule has 0 saturated carbocycles. The molecule has 0 radical (unpaired) electrons. The highest BCUT2D eigenvalue weighted by Crippen LogP contribution is 2.30. The van der Waals surface area contributed by atoms with Crippen LogP contribution in [0.2, 0.25) is 0 Å². The van der Waals surface area contributed by atoms with Gasteiger partial charge in [-0.1, -0.05) is 5.16 Å². The maximum Gasteiger partial charge on any atom is 0.272 e. The summed E-state index contributed by atoms with van der Waals surface area (Å²) in [5.41, 5.74) is 3.76. The fraction of sp³-hybridized carbons (Fsp3) is 0.318. The molecular weight excluding hydrogens is 396 g/mol. The Balaban J connectivity index is 1.44. The molecule has 0 aromatic carbocycles. The number of carbonyl (C=O) groups is 1. The first-order valence-corrected chi connectivity index (χ1v) is 10.3. The first-order valence-electron chi connectivity index (χ1n) is 10.3. The maximum atomic E-state index is 13.5. The van der Waals surface area contributed by atoms with Gasteiger partial charge in [0.25, 0.3) is 11.5 Å². The number of carbonyl (C=O) groups excluding carboxylic acids is 1. The molecule has 9 heteroatoms. The van der Waals surface area contributed by atoms with Gasteiger partial charge >= 0.3 is 0 Å². The molecule has 1 aliphatic rings. The van der Waals surface area contributed by atoms with Gasteiger partial charge in [-0.2, -0.15) is 0 Å². The van der Waals surface area contributed by atoms with Crippen molar-refractivity contribution in [1.29, 1.82) is 0 Å². The van der Waals surface area contributed by atoms with Gasteiger partial charge in [0.1, 0.15) is 17.0 Å². The number of piperidine rings is 1. The van der Waals surface area contributed by atoms with E-state index in [9.17, 15) is 9.59 Å². The van der Waals surface area contributed by atoms with Crippen LogP contribution in [0.1, 0.15) is 46.3 Å². The van der Waals surface area contributed by atoms with Gasteiger partial charge in [-0.25, -0.2) is 9.50 Å². The van der Waals surface area contributed by atoms with Crippen LogP contribution in [0, 0.1) is 13.8 Å². The maximum absolute atomic E-state index is 13.5. The van der Waals surface area contributed by atoms with Crippen molar-refractivity contribution in [3.8, 4) is 11.3 Å². The summed E-state index contributed by atoms with van der Waals surface area (Å²) in [5.74, 6) is 0.466. The van der Waals surface area contributed by atoms with E-state index in [2.05, 4.69) is 20.2 Å². The average Bonchev–Trinajstić information content (AvgIpc) is 3.38. The number of nitrogens with one attached hydrogen (secondary N) is 1. The number of aryl methyl sites for hydroxylation is 2. The Morgan fingerprint density at radius 1 is 1.29 bits per heavy atom. The molecule has 1 unspecified atom stereocenters. The summed E-state index contributed by atoms with van der Waals surface area (Å²) in [6.07, 6.45) is 5.13. The third-order valence-electron chi connectivity index (χ3n) is 5.76. The van der Waals surface area contributed by atoms with Gasteiger partial charge in [0.2, 0.25) is 0 Å². The molecule has 0 aliphatic carbocycles. The van der Waals surface area contributed by atoms with Crippen LogP contribution in [0.5, 0.6) is 0 Å². The quantitative estimate of drug-likeness (QED) is 0.548. The van der Waals surface area contributed by atoms with Crippen molar-refractivity contribution in [3.63, 3.8) is 0 Å². The molecule has 158 valence electrons. The van der Waals surface area contributed by atoms with Gasteiger partial charge in [0.15, 0.2) is 5.65 Å². The SMILES string of the molecule is Cc1cc(=O)n2[nH]c(C3CCCN(C(=O)c4c(-c5cccnc5)noc4C)C3)cc2n1. The minimum atomic E-state index is -0.140. The number of nitrogens with zero attached hydrogens (tertiary/aromatic N) is 5. The van der Waals surface area contributed by atoms with Crippen LogP contribution in [0.4, 0.5) is 0 Å². The highest BCUT2D eigenvalue weighted by molar-refractivity contribution is 6.00. The molecule has 1 saturated heterocycles.